The van der Waals surface area contributed by atoms with Gasteiger partial charge in [-0.1, -0.05) is 18.2 Å². The molecular weight excluding hydrogens is 367 g/mol. The van der Waals surface area contributed by atoms with Gasteiger partial charge < -0.3 is 9.73 Å². The first-order valence-corrected chi connectivity index (χ1v) is 10.7. The lowest BCUT2D eigenvalue weighted by Gasteiger charge is -2.29. The first-order chi connectivity index (χ1) is 14.1. The number of oxazole rings is 1. The summed E-state index contributed by atoms with van der Waals surface area (Å²) in [6, 6.07) is 12.0. The lowest BCUT2D eigenvalue weighted by molar-refractivity contribution is 0.341. The SMILES string of the molecule is Cc1c(F)cccc1CCCCNC1CCC(c2ccc3[nH]c(=O)oc3c2)CC1. The van der Waals surface area contributed by atoms with E-state index < -0.39 is 5.76 Å². The molecule has 0 unspecified atom stereocenters. The standard InChI is InChI=1S/C24H29FN2O2/c1-16-17(6-4-7-21(16)25)5-2-3-14-26-20-11-8-18(9-12-20)19-10-13-22-23(15-19)29-24(28)27-22/h4,6-7,10,13,15,18,20,26H,2-3,5,8-9,11-12,14H2,1H3,(H,27,28). The molecule has 1 aliphatic rings. The molecule has 0 bridgehead atoms. The van der Waals surface area contributed by atoms with Crippen molar-refractivity contribution in [3.05, 3.63) is 69.5 Å². The molecule has 1 saturated carbocycles. The van der Waals surface area contributed by atoms with Crippen molar-refractivity contribution < 1.29 is 8.81 Å². The predicted octanol–water partition coefficient (Wildman–Crippen LogP) is 5.21. The molecule has 0 amide bonds. The average Bonchev–Trinajstić information content (AvgIpc) is 3.10. The maximum absolute atomic E-state index is 13.6. The van der Waals surface area contributed by atoms with Crippen molar-refractivity contribution in [1.82, 2.24) is 10.3 Å². The smallest absolute Gasteiger partial charge is 0.408 e. The van der Waals surface area contributed by atoms with E-state index in [9.17, 15) is 9.18 Å². The summed E-state index contributed by atoms with van der Waals surface area (Å²) < 4.78 is 18.8. The fourth-order valence-electron chi connectivity index (χ4n) is 4.52. The third-order valence-corrected chi connectivity index (χ3v) is 6.33. The summed E-state index contributed by atoms with van der Waals surface area (Å²) in [6.45, 7) is 2.88. The third kappa shape index (κ3) is 4.78. The van der Waals surface area contributed by atoms with Gasteiger partial charge in [0.25, 0.3) is 0 Å². The normalized spacial score (nSPS) is 19.7. The summed E-state index contributed by atoms with van der Waals surface area (Å²) in [5, 5.41) is 3.70. The quantitative estimate of drug-likeness (QED) is 0.539. The number of unbranched alkanes of at least 4 members (excludes halogenated alkanes) is 1. The number of halogens is 1. The minimum Gasteiger partial charge on any atom is -0.408 e. The molecule has 0 radical (unpaired) electrons. The van der Waals surface area contributed by atoms with Gasteiger partial charge in [-0.3, -0.25) is 4.98 Å². The summed E-state index contributed by atoms with van der Waals surface area (Å²) in [5.41, 5.74) is 4.60. The van der Waals surface area contributed by atoms with Crippen molar-refractivity contribution in [2.75, 3.05) is 6.54 Å². The van der Waals surface area contributed by atoms with E-state index in [1.54, 1.807) is 6.07 Å². The number of aromatic nitrogens is 1. The molecule has 2 N–H and O–H groups in total. The number of aromatic amines is 1. The third-order valence-electron chi connectivity index (χ3n) is 6.33. The molecule has 0 atom stereocenters. The Balaban J connectivity index is 1.19. The molecule has 0 aliphatic heterocycles. The lowest BCUT2D eigenvalue weighted by Crippen LogP contribution is -2.33. The van der Waals surface area contributed by atoms with Gasteiger partial charge in [0.05, 0.1) is 5.52 Å². The molecule has 0 saturated heterocycles. The van der Waals surface area contributed by atoms with Gasteiger partial charge in [0.2, 0.25) is 0 Å². The van der Waals surface area contributed by atoms with Gasteiger partial charge in [-0.05, 0) is 99.2 Å². The number of nitrogens with one attached hydrogen (secondary N) is 2. The second-order valence-electron chi connectivity index (χ2n) is 8.25. The molecule has 2 aromatic carbocycles. The summed E-state index contributed by atoms with van der Waals surface area (Å²) in [7, 11) is 0. The second-order valence-corrected chi connectivity index (χ2v) is 8.25. The molecule has 4 nitrogen and oxygen atoms in total. The maximum Gasteiger partial charge on any atom is 0.417 e. The summed E-state index contributed by atoms with van der Waals surface area (Å²) in [6.07, 6.45) is 7.77. The fraction of sp³-hybridized carbons (Fsp3) is 0.458. The summed E-state index contributed by atoms with van der Waals surface area (Å²) in [4.78, 5) is 14.0. The highest BCUT2D eigenvalue weighted by molar-refractivity contribution is 5.72. The van der Waals surface area contributed by atoms with E-state index in [4.69, 9.17) is 4.42 Å². The van der Waals surface area contributed by atoms with Crippen LogP contribution in [0.25, 0.3) is 11.1 Å². The van der Waals surface area contributed by atoms with Crippen LogP contribution in [0, 0.1) is 12.7 Å². The zero-order valence-corrected chi connectivity index (χ0v) is 17.0. The van der Waals surface area contributed by atoms with Gasteiger partial charge in [0, 0.05) is 6.04 Å². The van der Waals surface area contributed by atoms with E-state index >= 15 is 0 Å². The van der Waals surface area contributed by atoms with Crippen LogP contribution in [0.1, 0.15) is 61.1 Å². The van der Waals surface area contributed by atoms with Crippen LogP contribution in [-0.2, 0) is 6.42 Å². The number of benzene rings is 2. The van der Waals surface area contributed by atoms with Gasteiger partial charge in [-0.2, -0.15) is 0 Å². The van der Waals surface area contributed by atoms with Crippen LogP contribution in [0.15, 0.2) is 45.6 Å². The molecular formula is C24H29FN2O2. The van der Waals surface area contributed by atoms with Crippen LogP contribution < -0.4 is 11.1 Å². The molecule has 154 valence electrons. The Morgan fingerprint density at radius 2 is 1.97 bits per heavy atom. The molecule has 1 aromatic heterocycles. The van der Waals surface area contributed by atoms with Crippen molar-refractivity contribution in [3.63, 3.8) is 0 Å². The molecule has 0 spiro atoms. The first-order valence-electron chi connectivity index (χ1n) is 10.7. The largest absolute Gasteiger partial charge is 0.417 e. The Morgan fingerprint density at radius 1 is 1.14 bits per heavy atom. The second kappa shape index (κ2) is 8.95. The van der Waals surface area contributed by atoms with E-state index in [1.165, 1.54) is 24.5 Å². The van der Waals surface area contributed by atoms with Crippen molar-refractivity contribution in [2.45, 2.75) is 63.8 Å². The maximum atomic E-state index is 13.6. The Hall–Kier alpha value is -2.40. The van der Waals surface area contributed by atoms with Crippen molar-refractivity contribution in [2.24, 2.45) is 0 Å². The molecule has 29 heavy (non-hydrogen) atoms. The number of hydrogen-bond donors (Lipinski definition) is 2. The highest BCUT2D eigenvalue weighted by Gasteiger charge is 2.22. The van der Waals surface area contributed by atoms with E-state index in [2.05, 4.69) is 16.4 Å². The number of hydrogen-bond acceptors (Lipinski definition) is 3. The number of fused-ring (bicyclic) bond motifs is 1. The van der Waals surface area contributed by atoms with Crippen LogP contribution >= 0.6 is 0 Å². The molecule has 5 heteroatoms. The molecule has 4 rings (SSSR count). The van der Waals surface area contributed by atoms with Gasteiger partial charge in [0.1, 0.15) is 5.82 Å². The predicted molar refractivity (Wildman–Crippen MR) is 114 cm³/mol. The minimum atomic E-state index is -0.391. The first kappa shape index (κ1) is 19.9. The Kier molecular flexibility index (Phi) is 6.14. The van der Waals surface area contributed by atoms with Crippen molar-refractivity contribution in [1.29, 1.82) is 0 Å². The highest BCUT2D eigenvalue weighted by atomic mass is 19.1. The van der Waals surface area contributed by atoms with Crippen LogP contribution in [0.3, 0.4) is 0 Å². The molecule has 1 heterocycles. The Bertz CT molecular complexity index is 1020. The molecule has 1 fully saturated rings. The molecule has 1 aliphatic carbocycles. The lowest BCUT2D eigenvalue weighted by atomic mass is 9.81. The number of H-pyrrole nitrogens is 1. The topological polar surface area (TPSA) is 58.0 Å². The zero-order valence-electron chi connectivity index (χ0n) is 17.0. The minimum absolute atomic E-state index is 0.102. The van der Waals surface area contributed by atoms with Gasteiger partial charge in [-0.15, -0.1) is 0 Å². The van der Waals surface area contributed by atoms with Crippen LogP contribution in [-0.4, -0.2) is 17.6 Å². The van der Waals surface area contributed by atoms with Crippen LogP contribution in [0.5, 0.6) is 0 Å². The highest BCUT2D eigenvalue weighted by Crippen LogP contribution is 2.34. The van der Waals surface area contributed by atoms with Crippen LogP contribution in [0.2, 0.25) is 0 Å². The van der Waals surface area contributed by atoms with E-state index in [1.807, 2.05) is 25.1 Å². The van der Waals surface area contributed by atoms with Gasteiger partial charge in [0.15, 0.2) is 5.58 Å². The zero-order chi connectivity index (χ0) is 20.2. The molecule has 3 aromatic rings. The van der Waals surface area contributed by atoms with Gasteiger partial charge >= 0.3 is 5.76 Å². The van der Waals surface area contributed by atoms with Crippen LogP contribution in [0.4, 0.5) is 4.39 Å². The van der Waals surface area contributed by atoms with E-state index in [0.29, 0.717) is 17.5 Å². The fourth-order valence-corrected chi connectivity index (χ4v) is 4.52. The van der Waals surface area contributed by atoms with Crippen molar-refractivity contribution in [3.8, 4) is 0 Å². The van der Waals surface area contributed by atoms with E-state index in [-0.39, 0.29) is 5.82 Å². The number of aryl methyl sites for hydroxylation is 1. The monoisotopic (exact) mass is 396 g/mol. The Morgan fingerprint density at radius 3 is 2.79 bits per heavy atom. The average molecular weight is 397 g/mol. The van der Waals surface area contributed by atoms with E-state index in [0.717, 1.165) is 55.3 Å². The summed E-state index contributed by atoms with van der Waals surface area (Å²) >= 11 is 0. The van der Waals surface area contributed by atoms with Gasteiger partial charge in [-0.25, -0.2) is 9.18 Å². The van der Waals surface area contributed by atoms with Crippen molar-refractivity contribution >= 4 is 11.1 Å². The summed E-state index contributed by atoms with van der Waals surface area (Å²) in [5.74, 6) is 0.0430. The number of rotatable bonds is 7. The Labute approximate surface area is 170 Å².